The lowest BCUT2D eigenvalue weighted by Crippen LogP contribution is -2.20. The maximum Gasteiger partial charge on any atom is 0.337 e. The highest BCUT2D eigenvalue weighted by atomic mass is 19.1. The van der Waals surface area contributed by atoms with Crippen LogP contribution in [0.15, 0.2) is 18.2 Å². The van der Waals surface area contributed by atoms with Crippen LogP contribution in [0.4, 0.5) is 10.1 Å². The van der Waals surface area contributed by atoms with Crippen molar-refractivity contribution in [2.75, 3.05) is 5.32 Å². The second-order valence-corrected chi connectivity index (χ2v) is 3.63. The van der Waals surface area contributed by atoms with Gasteiger partial charge in [-0.25, -0.2) is 9.18 Å². The lowest BCUT2D eigenvalue weighted by molar-refractivity contribution is 0.0697. The Hall–Kier alpha value is -1.58. The molecule has 1 rings (SSSR count). The number of hydrogen-bond acceptors (Lipinski definition) is 2. The third-order valence-corrected chi connectivity index (χ3v) is 2.58. The summed E-state index contributed by atoms with van der Waals surface area (Å²) in [4.78, 5) is 10.9. The number of carbonyl (C=O) groups is 1. The van der Waals surface area contributed by atoms with Gasteiger partial charge < -0.3 is 10.4 Å². The van der Waals surface area contributed by atoms with Gasteiger partial charge in [0.05, 0.1) is 11.3 Å². The van der Waals surface area contributed by atoms with Crippen LogP contribution in [0.3, 0.4) is 0 Å². The summed E-state index contributed by atoms with van der Waals surface area (Å²) in [5.74, 6) is -1.64. The van der Waals surface area contributed by atoms with Gasteiger partial charge in [-0.2, -0.15) is 0 Å². The number of halogens is 1. The topological polar surface area (TPSA) is 49.3 Å². The van der Waals surface area contributed by atoms with E-state index in [4.69, 9.17) is 5.11 Å². The van der Waals surface area contributed by atoms with Crippen molar-refractivity contribution in [3.05, 3.63) is 29.6 Å². The van der Waals surface area contributed by atoms with Crippen LogP contribution in [0.2, 0.25) is 0 Å². The predicted molar refractivity (Wildman–Crippen MR) is 61.4 cm³/mol. The van der Waals surface area contributed by atoms with Crippen LogP contribution in [0, 0.1) is 5.82 Å². The number of nitrogens with one attached hydrogen (secondary N) is 1. The molecule has 0 saturated carbocycles. The lowest BCUT2D eigenvalue weighted by Gasteiger charge is -2.18. The molecule has 0 aliphatic heterocycles. The molecule has 88 valence electrons. The summed E-state index contributed by atoms with van der Waals surface area (Å²) in [7, 11) is 0. The predicted octanol–water partition coefficient (Wildman–Crippen LogP) is 3.12. The minimum atomic E-state index is -1.12. The molecule has 0 aliphatic rings. The van der Waals surface area contributed by atoms with Crippen molar-refractivity contribution in [1.29, 1.82) is 0 Å². The Kier molecular flexibility index (Phi) is 4.28. The number of carboxylic acids is 1. The Labute approximate surface area is 94.3 Å². The summed E-state index contributed by atoms with van der Waals surface area (Å²) in [5.41, 5.74) is 0.0654. The molecule has 3 nitrogen and oxygen atoms in total. The summed E-state index contributed by atoms with van der Waals surface area (Å²) >= 11 is 0. The van der Waals surface area contributed by atoms with Crippen molar-refractivity contribution in [3.8, 4) is 0 Å². The van der Waals surface area contributed by atoms with Gasteiger partial charge in [-0.05, 0) is 25.0 Å². The van der Waals surface area contributed by atoms with E-state index in [0.717, 1.165) is 12.8 Å². The fraction of sp³-hybridized carbons (Fsp3) is 0.417. The van der Waals surface area contributed by atoms with Gasteiger partial charge in [0.1, 0.15) is 5.82 Å². The van der Waals surface area contributed by atoms with E-state index in [1.54, 1.807) is 0 Å². The molecule has 0 spiro atoms. The van der Waals surface area contributed by atoms with Crippen molar-refractivity contribution in [2.45, 2.75) is 32.7 Å². The fourth-order valence-electron chi connectivity index (χ4n) is 1.55. The zero-order chi connectivity index (χ0) is 12.1. The summed E-state index contributed by atoms with van der Waals surface area (Å²) < 4.78 is 13.5. The smallest absolute Gasteiger partial charge is 0.337 e. The second-order valence-electron chi connectivity index (χ2n) is 3.63. The molecule has 0 amide bonds. The second kappa shape index (κ2) is 5.49. The molecule has 4 heteroatoms. The molecular weight excluding hydrogens is 209 g/mol. The first-order valence-electron chi connectivity index (χ1n) is 5.38. The molecule has 0 unspecified atom stereocenters. The maximum atomic E-state index is 13.5. The first kappa shape index (κ1) is 12.5. The first-order chi connectivity index (χ1) is 7.60. The summed E-state index contributed by atoms with van der Waals surface area (Å²) in [5, 5.41) is 11.9. The van der Waals surface area contributed by atoms with Gasteiger partial charge in [0, 0.05) is 6.04 Å². The van der Waals surface area contributed by atoms with E-state index in [-0.39, 0.29) is 17.3 Å². The standard InChI is InChI=1S/C12H16FNO2/c1-3-8(4-2)14-11-9(12(15)16)6-5-7-10(11)13/h5-8,14H,3-4H2,1-2H3,(H,15,16). The number of hydrogen-bond donors (Lipinski definition) is 2. The highest BCUT2D eigenvalue weighted by Gasteiger charge is 2.16. The highest BCUT2D eigenvalue weighted by molar-refractivity contribution is 5.94. The van der Waals surface area contributed by atoms with Gasteiger partial charge in [0.25, 0.3) is 0 Å². The summed E-state index contributed by atoms with van der Waals surface area (Å²) in [6, 6.07) is 4.15. The van der Waals surface area contributed by atoms with Crippen LogP contribution in [0.1, 0.15) is 37.0 Å². The Morgan fingerprint density at radius 2 is 2.06 bits per heavy atom. The number of carboxylic acid groups (broad SMARTS) is 1. The average Bonchev–Trinajstić information content (AvgIpc) is 2.27. The Bertz CT molecular complexity index is 375. The zero-order valence-electron chi connectivity index (χ0n) is 9.46. The minimum Gasteiger partial charge on any atom is -0.478 e. The molecule has 1 aromatic carbocycles. The van der Waals surface area contributed by atoms with E-state index >= 15 is 0 Å². The number of rotatable bonds is 5. The Balaban J connectivity index is 3.05. The monoisotopic (exact) mass is 225 g/mol. The molecule has 16 heavy (non-hydrogen) atoms. The van der Waals surface area contributed by atoms with Crippen molar-refractivity contribution in [3.63, 3.8) is 0 Å². The van der Waals surface area contributed by atoms with Crippen molar-refractivity contribution in [2.24, 2.45) is 0 Å². The number of para-hydroxylation sites is 1. The zero-order valence-corrected chi connectivity index (χ0v) is 9.46. The van der Waals surface area contributed by atoms with Gasteiger partial charge in [-0.1, -0.05) is 19.9 Å². The van der Waals surface area contributed by atoms with E-state index in [2.05, 4.69) is 5.32 Å². The van der Waals surface area contributed by atoms with E-state index in [0.29, 0.717) is 0 Å². The van der Waals surface area contributed by atoms with Crippen LogP contribution in [0.5, 0.6) is 0 Å². The average molecular weight is 225 g/mol. The minimum absolute atomic E-state index is 0.0214. The lowest BCUT2D eigenvalue weighted by atomic mass is 10.1. The van der Waals surface area contributed by atoms with Crippen molar-refractivity contribution < 1.29 is 14.3 Å². The molecule has 0 aliphatic carbocycles. The fourth-order valence-corrected chi connectivity index (χ4v) is 1.55. The molecule has 0 bridgehead atoms. The van der Waals surface area contributed by atoms with E-state index < -0.39 is 11.8 Å². The van der Waals surface area contributed by atoms with Crippen LogP contribution >= 0.6 is 0 Å². The summed E-state index contributed by atoms with van der Waals surface area (Å²) in [6.45, 7) is 3.95. The summed E-state index contributed by atoms with van der Waals surface area (Å²) in [6.07, 6.45) is 1.65. The van der Waals surface area contributed by atoms with Crippen molar-refractivity contribution in [1.82, 2.24) is 0 Å². The molecule has 0 atom stereocenters. The van der Waals surface area contributed by atoms with Gasteiger partial charge in [-0.15, -0.1) is 0 Å². The number of benzene rings is 1. The molecule has 0 saturated heterocycles. The highest BCUT2D eigenvalue weighted by Crippen LogP contribution is 2.22. The van der Waals surface area contributed by atoms with E-state index in [9.17, 15) is 9.18 Å². The van der Waals surface area contributed by atoms with E-state index in [1.165, 1.54) is 18.2 Å². The van der Waals surface area contributed by atoms with Crippen LogP contribution in [0.25, 0.3) is 0 Å². The molecule has 0 aromatic heterocycles. The molecular formula is C12H16FNO2. The number of anilines is 1. The Morgan fingerprint density at radius 1 is 1.44 bits per heavy atom. The van der Waals surface area contributed by atoms with Crippen LogP contribution in [-0.4, -0.2) is 17.1 Å². The largest absolute Gasteiger partial charge is 0.478 e. The van der Waals surface area contributed by atoms with Crippen molar-refractivity contribution >= 4 is 11.7 Å². The van der Waals surface area contributed by atoms with Crippen LogP contribution in [-0.2, 0) is 0 Å². The van der Waals surface area contributed by atoms with Gasteiger partial charge >= 0.3 is 5.97 Å². The quantitative estimate of drug-likeness (QED) is 0.809. The third kappa shape index (κ3) is 2.72. The van der Waals surface area contributed by atoms with Gasteiger partial charge in [0.15, 0.2) is 0 Å². The SMILES string of the molecule is CCC(CC)Nc1c(F)cccc1C(=O)O. The molecule has 1 aromatic rings. The number of aromatic carboxylic acids is 1. The molecule has 0 fully saturated rings. The van der Waals surface area contributed by atoms with E-state index in [1.807, 2.05) is 13.8 Å². The third-order valence-electron chi connectivity index (χ3n) is 2.58. The van der Waals surface area contributed by atoms with Crippen LogP contribution < -0.4 is 5.32 Å². The van der Waals surface area contributed by atoms with Gasteiger partial charge in [0.2, 0.25) is 0 Å². The Morgan fingerprint density at radius 3 is 2.56 bits per heavy atom. The molecule has 0 radical (unpaired) electrons. The van der Waals surface area contributed by atoms with Gasteiger partial charge in [-0.3, -0.25) is 0 Å². The molecule has 0 heterocycles. The first-order valence-corrected chi connectivity index (χ1v) is 5.38. The molecule has 2 N–H and O–H groups in total. The normalized spacial score (nSPS) is 10.5. The maximum absolute atomic E-state index is 13.5.